The van der Waals surface area contributed by atoms with E-state index in [1.165, 1.54) is 18.6 Å². The van der Waals surface area contributed by atoms with E-state index in [1.807, 2.05) is 12.1 Å². The summed E-state index contributed by atoms with van der Waals surface area (Å²) >= 11 is 0. The number of benzene rings is 1. The van der Waals surface area contributed by atoms with Crippen molar-refractivity contribution in [2.45, 2.75) is 32.0 Å². The Labute approximate surface area is 150 Å². The zero-order valence-corrected chi connectivity index (χ0v) is 14.2. The minimum Gasteiger partial charge on any atom is -0.381 e. The summed E-state index contributed by atoms with van der Waals surface area (Å²) in [5.74, 6) is 0.903. The zero-order chi connectivity index (χ0) is 18.6. The van der Waals surface area contributed by atoms with E-state index in [0.717, 1.165) is 43.4 Å². The van der Waals surface area contributed by atoms with Gasteiger partial charge in [0.05, 0.1) is 17.2 Å². The largest absolute Gasteiger partial charge is 0.417 e. The van der Waals surface area contributed by atoms with Gasteiger partial charge in [0.15, 0.2) is 0 Å². The van der Waals surface area contributed by atoms with Gasteiger partial charge in [-0.2, -0.15) is 18.4 Å². The summed E-state index contributed by atoms with van der Waals surface area (Å²) in [6, 6.07) is 9.05. The molecule has 26 heavy (non-hydrogen) atoms. The van der Waals surface area contributed by atoms with Crippen LogP contribution in [0.3, 0.4) is 0 Å². The Morgan fingerprint density at radius 3 is 2.58 bits per heavy atom. The summed E-state index contributed by atoms with van der Waals surface area (Å²) in [5.41, 5.74) is -0.0285. The van der Waals surface area contributed by atoms with Gasteiger partial charge >= 0.3 is 6.18 Å². The molecule has 2 aromatic rings. The van der Waals surface area contributed by atoms with Crippen LogP contribution in [0.4, 0.5) is 24.7 Å². The van der Waals surface area contributed by atoms with Crippen LogP contribution >= 0.6 is 0 Å². The molecule has 0 bridgehead atoms. The molecule has 1 saturated heterocycles. The third-order valence-corrected chi connectivity index (χ3v) is 4.43. The Morgan fingerprint density at radius 2 is 1.88 bits per heavy atom. The van der Waals surface area contributed by atoms with Crippen LogP contribution in [-0.4, -0.2) is 18.1 Å². The highest BCUT2D eigenvalue weighted by Gasteiger charge is 2.33. The maximum atomic E-state index is 13.0. The summed E-state index contributed by atoms with van der Waals surface area (Å²) in [6.45, 7) is 2.34. The third kappa shape index (κ3) is 4.26. The molecule has 3 rings (SSSR count). The van der Waals surface area contributed by atoms with Crippen LogP contribution in [0.25, 0.3) is 0 Å². The quantitative estimate of drug-likeness (QED) is 0.867. The number of aromatic nitrogens is 1. The van der Waals surface area contributed by atoms with Gasteiger partial charge in [-0.15, -0.1) is 0 Å². The Bertz CT molecular complexity index is 805. The van der Waals surface area contributed by atoms with Crippen LogP contribution in [0.1, 0.15) is 36.0 Å². The van der Waals surface area contributed by atoms with E-state index in [2.05, 4.69) is 15.2 Å². The zero-order valence-electron chi connectivity index (χ0n) is 14.2. The number of nitrogens with one attached hydrogen (secondary N) is 1. The molecule has 4 nitrogen and oxygen atoms in total. The third-order valence-electron chi connectivity index (χ3n) is 4.43. The Kier molecular flexibility index (Phi) is 5.31. The number of hydrogen-bond acceptors (Lipinski definition) is 4. The van der Waals surface area contributed by atoms with E-state index >= 15 is 0 Å². The molecule has 0 aliphatic carbocycles. The van der Waals surface area contributed by atoms with Crippen molar-refractivity contribution in [2.24, 2.45) is 0 Å². The van der Waals surface area contributed by atoms with Gasteiger partial charge < -0.3 is 10.2 Å². The maximum absolute atomic E-state index is 13.0. The molecule has 1 aromatic heterocycles. The Hall–Kier alpha value is -2.75. The Balaban J connectivity index is 1.72. The molecule has 1 fully saturated rings. The van der Waals surface area contributed by atoms with Crippen LogP contribution in [0.2, 0.25) is 0 Å². The van der Waals surface area contributed by atoms with Crippen molar-refractivity contribution < 1.29 is 13.2 Å². The van der Waals surface area contributed by atoms with Gasteiger partial charge in [-0.1, -0.05) is 0 Å². The summed E-state index contributed by atoms with van der Waals surface area (Å²) in [5, 5.41) is 11.9. The Morgan fingerprint density at radius 1 is 1.12 bits per heavy atom. The molecule has 1 aliphatic heterocycles. The highest BCUT2D eigenvalue weighted by molar-refractivity contribution is 5.53. The number of rotatable bonds is 4. The number of pyridine rings is 1. The molecule has 1 aromatic carbocycles. The minimum atomic E-state index is -4.55. The van der Waals surface area contributed by atoms with Crippen molar-refractivity contribution >= 4 is 11.5 Å². The molecule has 0 atom stereocenters. The topological polar surface area (TPSA) is 52.0 Å². The van der Waals surface area contributed by atoms with Crippen molar-refractivity contribution in [3.63, 3.8) is 0 Å². The van der Waals surface area contributed by atoms with E-state index in [0.29, 0.717) is 12.2 Å². The average molecular weight is 360 g/mol. The molecule has 1 aliphatic rings. The normalized spacial score (nSPS) is 14.8. The highest BCUT2D eigenvalue weighted by atomic mass is 19.4. The molecule has 0 unspecified atom stereocenters. The number of nitrogens with zero attached hydrogens (tertiary/aromatic N) is 3. The summed E-state index contributed by atoms with van der Waals surface area (Å²) in [6.07, 6.45) is 0.699. The highest BCUT2D eigenvalue weighted by Crippen LogP contribution is 2.33. The fraction of sp³-hybridized carbons (Fsp3) is 0.368. The van der Waals surface area contributed by atoms with Gasteiger partial charge in [0.1, 0.15) is 5.82 Å². The molecular weight excluding hydrogens is 341 g/mol. The number of hydrogen-bond donors (Lipinski definition) is 1. The van der Waals surface area contributed by atoms with Crippen molar-refractivity contribution in [2.75, 3.05) is 23.3 Å². The van der Waals surface area contributed by atoms with Crippen LogP contribution in [0.5, 0.6) is 0 Å². The second-order valence-electron chi connectivity index (χ2n) is 6.29. The van der Waals surface area contributed by atoms with E-state index in [-0.39, 0.29) is 5.56 Å². The standard InChI is InChI=1S/C19H19F3N4/c20-19(21,22)17-11-16(5-4-15(17)12-23)25-13-14-6-7-24-18(10-14)26-8-2-1-3-9-26/h4-7,10-11,25H,1-3,8-9,13H2. The maximum Gasteiger partial charge on any atom is 0.417 e. The number of alkyl halides is 3. The molecular formula is C19H19F3N4. The van der Waals surface area contributed by atoms with Gasteiger partial charge in [-0.3, -0.25) is 0 Å². The number of nitriles is 1. The molecule has 136 valence electrons. The lowest BCUT2D eigenvalue weighted by Crippen LogP contribution is -2.30. The second kappa shape index (κ2) is 7.65. The fourth-order valence-electron chi connectivity index (χ4n) is 3.06. The lowest BCUT2D eigenvalue weighted by Gasteiger charge is -2.28. The van der Waals surface area contributed by atoms with E-state index in [4.69, 9.17) is 5.26 Å². The van der Waals surface area contributed by atoms with Crippen molar-refractivity contribution in [3.05, 3.63) is 53.2 Å². The number of anilines is 2. The van der Waals surface area contributed by atoms with Crippen LogP contribution in [0, 0.1) is 11.3 Å². The van der Waals surface area contributed by atoms with Gasteiger partial charge in [0, 0.05) is 31.5 Å². The van der Waals surface area contributed by atoms with E-state index < -0.39 is 11.7 Å². The van der Waals surface area contributed by atoms with Crippen molar-refractivity contribution in [1.82, 2.24) is 4.98 Å². The molecule has 0 radical (unpaired) electrons. The smallest absolute Gasteiger partial charge is 0.381 e. The lowest BCUT2D eigenvalue weighted by atomic mass is 10.1. The molecule has 0 amide bonds. The van der Waals surface area contributed by atoms with E-state index in [9.17, 15) is 13.2 Å². The van der Waals surface area contributed by atoms with Crippen LogP contribution in [-0.2, 0) is 12.7 Å². The van der Waals surface area contributed by atoms with E-state index in [1.54, 1.807) is 12.3 Å². The monoisotopic (exact) mass is 360 g/mol. The van der Waals surface area contributed by atoms with Gasteiger partial charge in [0.2, 0.25) is 0 Å². The first-order chi connectivity index (χ1) is 12.5. The molecule has 1 N–H and O–H groups in total. The van der Waals surface area contributed by atoms with Crippen LogP contribution in [0.15, 0.2) is 36.5 Å². The second-order valence-corrected chi connectivity index (χ2v) is 6.29. The SMILES string of the molecule is N#Cc1ccc(NCc2ccnc(N3CCCCC3)c2)cc1C(F)(F)F. The first-order valence-corrected chi connectivity index (χ1v) is 8.52. The lowest BCUT2D eigenvalue weighted by molar-refractivity contribution is -0.137. The van der Waals surface area contributed by atoms with Crippen molar-refractivity contribution in [1.29, 1.82) is 5.26 Å². The van der Waals surface area contributed by atoms with Gasteiger partial charge in [0.25, 0.3) is 0 Å². The van der Waals surface area contributed by atoms with Gasteiger partial charge in [-0.25, -0.2) is 4.98 Å². The average Bonchev–Trinajstić information content (AvgIpc) is 2.66. The summed E-state index contributed by atoms with van der Waals surface area (Å²) in [7, 11) is 0. The predicted molar refractivity (Wildman–Crippen MR) is 93.8 cm³/mol. The molecule has 0 spiro atoms. The number of piperidine rings is 1. The summed E-state index contributed by atoms with van der Waals surface area (Å²) < 4.78 is 39.1. The fourth-order valence-corrected chi connectivity index (χ4v) is 3.06. The first-order valence-electron chi connectivity index (χ1n) is 8.52. The van der Waals surface area contributed by atoms with Crippen molar-refractivity contribution in [3.8, 4) is 6.07 Å². The molecule has 0 saturated carbocycles. The first kappa shape index (κ1) is 18.1. The van der Waals surface area contributed by atoms with Gasteiger partial charge in [-0.05, 0) is 55.2 Å². The minimum absolute atomic E-state index is 0.327. The molecule has 7 heteroatoms. The predicted octanol–water partition coefficient (Wildman–Crippen LogP) is 4.57. The summed E-state index contributed by atoms with van der Waals surface area (Å²) in [4.78, 5) is 6.63. The molecule has 2 heterocycles. The van der Waals surface area contributed by atoms with Crippen LogP contribution < -0.4 is 10.2 Å². The number of halogens is 3.